The van der Waals surface area contributed by atoms with Gasteiger partial charge in [0.2, 0.25) is 0 Å². The third-order valence-corrected chi connectivity index (χ3v) is 6.52. The second-order valence-electron chi connectivity index (χ2n) is 8.26. The highest BCUT2D eigenvalue weighted by Gasteiger charge is 2.25. The summed E-state index contributed by atoms with van der Waals surface area (Å²) in [5.41, 5.74) is 12.2. The fourth-order valence-corrected chi connectivity index (χ4v) is 4.94. The van der Waals surface area contributed by atoms with Crippen LogP contribution in [0.3, 0.4) is 0 Å². The summed E-state index contributed by atoms with van der Waals surface area (Å²) in [6.45, 7) is 0. The van der Waals surface area contributed by atoms with E-state index in [4.69, 9.17) is 10.5 Å². The van der Waals surface area contributed by atoms with Gasteiger partial charge in [0.05, 0.1) is 7.11 Å². The van der Waals surface area contributed by atoms with Crippen molar-refractivity contribution < 1.29 is 4.74 Å². The van der Waals surface area contributed by atoms with E-state index in [0.29, 0.717) is 12.0 Å². The summed E-state index contributed by atoms with van der Waals surface area (Å²) in [5, 5.41) is 0. The molecule has 2 aromatic carbocycles. The molecule has 2 aliphatic carbocycles. The molecule has 2 N–H and O–H groups in total. The predicted octanol–water partition coefficient (Wildman–Crippen LogP) is 5.03. The number of hydrogen-bond donors (Lipinski definition) is 1. The molecule has 2 aliphatic rings. The van der Waals surface area contributed by atoms with Crippen molar-refractivity contribution in [1.29, 1.82) is 0 Å². The zero-order valence-corrected chi connectivity index (χ0v) is 15.9. The van der Waals surface area contributed by atoms with Crippen LogP contribution in [0.25, 0.3) is 0 Å². The van der Waals surface area contributed by atoms with Crippen LogP contribution >= 0.6 is 0 Å². The van der Waals surface area contributed by atoms with E-state index in [2.05, 4.69) is 36.4 Å². The van der Waals surface area contributed by atoms with Gasteiger partial charge in [0.15, 0.2) is 0 Å². The molecule has 0 spiro atoms. The maximum absolute atomic E-state index is 6.11. The van der Waals surface area contributed by atoms with Gasteiger partial charge in [-0.25, -0.2) is 0 Å². The normalized spacial score (nSPS) is 25.1. The first-order valence-electron chi connectivity index (χ1n) is 10.2. The van der Waals surface area contributed by atoms with Crippen molar-refractivity contribution in [2.75, 3.05) is 7.11 Å². The van der Waals surface area contributed by atoms with Crippen LogP contribution in [0, 0.1) is 5.92 Å². The highest BCUT2D eigenvalue weighted by atomic mass is 16.5. The highest BCUT2D eigenvalue weighted by Crippen LogP contribution is 2.37. The van der Waals surface area contributed by atoms with Crippen molar-refractivity contribution >= 4 is 0 Å². The molecular weight excluding hydrogens is 318 g/mol. The molecule has 0 radical (unpaired) electrons. The molecule has 138 valence electrons. The number of nitrogens with two attached hydrogens (primary N) is 1. The Morgan fingerprint density at radius 2 is 1.92 bits per heavy atom. The van der Waals surface area contributed by atoms with Crippen LogP contribution in [0.2, 0.25) is 0 Å². The number of rotatable bonds is 5. The predicted molar refractivity (Wildman–Crippen MR) is 108 cm³/mol. The number of ether oxygens (including phenoxy) is 1. The molecule has 1 fully saturated rings. The van der Waals surface area contributed by atoms with Gasteiger partial charge < -0.3 is 10.5 Å². The second-order valence-corrected chi connectivity index (χ2v) is 8.26. The number of methoxy groups -OCH3 is 1. The number of hydrogen-bond acceptors (Lipinski definition) is 2. The molecule has 2 heteroatoms. The third kappa shape index (κ3) is 3.81. The van der Waals surface area contributed by atoms with Gasteiger partial charge in [0.25, 0.3) is 0 Å². The molecule has 3 atom stereocenters. The lowest BCUT2D eigenvalue weighted by Gasteiger charge is -2.26. The third-order valence-electron chi connectivity index (χ3n) is 6.52. The van der Waals surface area contributed by atoms with Crippen molar-refractivity contribution in [2.45, 2.75) is 63.3 Å². The molecular formula is C24H31NO. The van der Waals surface area contributed by atoms with E-state index in [0.717, 1.165) is 18.1 Å². The Morgan fingerprint density at radius 3 is 2.73 bits per heavy atom. The van der Waals surface area contributed by atoms with E-state index in [1.807, 2.05) is 6.07 Å². The van der Waals surface area contributed by atoms with E-state index in [-0.39, 0.29) is 0 Å². The van der Waals surface area contributed by atoms with Crippen molar-refractivity contribution in [2.24, 2.45) is 11.7 Å². The zero-order valence-electron chi connectivity index (χ0n) is 15.9. The molecule has 0 saturated heterocycles. The van der Waals surface area contributed by atoms with E-state index in [9.17, 15) is 0 Å². The monoisotopic (exact) mass is 349 g/mol. The van der Waals surface area contributed by atoms with E-state index in [1.165, 1.54) is 56.1 Å². The van der Waals surface area contributed by atoms with Crippen LogP contribution in [0.1, 0.15) is 60.3 Å². The van der Waals surface area contributed by atoms with Crippen LogP contribution in [0.15, 0.2) is 42.5 Å². The first-order valence-corrected chi connectivity index (χ1v) is 10.2. The van der Waals surface area contributed by atoms with Gasteiger partial charge in [-0.05, 0) is 91.5 Å². The molecule has 0 amide bonds. The average Bonchev–Trinajstić information content (AvgIpc) is 3.12. The maximum Gasteiger partial charge on any atom is 0.122 e. The lowest BCUT2D eigenvalue weighted by molar-refractivity contribution is 0.398. The minimum absolute atomic E-state index is 0.412. The zero-order chi connectivity index (χ0) is 17.9. The van der Waals surface area contributed by atoms with Gasteiger partial charge in [-0.15, -0.1) is 0 Å². The molecule has 2 nitrogen and oxygen atoms in total. The molecule has 4 rings (SSSR count). The summed E-state index contributed by atoms with van der Waals surface area (Å²) in [6.07, 6.45) is 9.76. The van der Waals surface area contributed by atoms with E-state index >= 15 is 0 Å². The second kappa shape index (κ2) is 7.84. The van der Waals surface area contributed by atoms with Gasteiger partial charge >= 0.3 is 0 Å². The minimum atomic E-state index is 0.412. The minimum Gasteiger partial charge on any atom is -0.496 e. The summed E-state index contributed by atoms with van der Waals surface area (Å²) in [4.78, 5) is 0. The summed E-state index contributed by atoms with van der Waals surface area (Å²) in [7, 11) is 1.77. The summed E-state index contributed by atoms with van der Waals surface area (Å²) >= 11 is 0. The number of para-hydroxylation sites is 1. The van der Waals surface area contributed by atoms with Crippen LogP contribution in [-0.4, -0.2) is 13.2 Å². The first kappa shape index (κ1) is 17.6. The molecule has 26 heavy (non-hydrogen) atoms. The lowest BCUT2D eigenvalue weighted by atomic mass is 9.79. The standard InChI is InChI=1S/C24H31NO/c1-26-24-5-3-2-4-18(24)8-6-17-7-9-20-15-21(11-10-19(20)14-17)22-12-13-23(25)16-22/h2-5,10-11,15,17,22-23H,6-9,12-14,16,25H2,1H3. The molecule has 0 heterocycles. The lowest BCUT2D eigenvalue weighted by Crippen LogP contribution is -2.16. The quantitative estimate of drug-likeness (QED) is 0.822. The SMILES string of the molecule is COc1ccccc1CCC1CCc2cc(C3CCC(N)C3)ccc2C1. The average molecular weight is 350 g/mol. The van der Waals surface area contributed by atoms with E-state index in [1.54, 1.807) is 18.2 Å². The smallest absolute Gasteiger partial charge is 0.122 e. The van der Waals surface area contributed by atoms with Crippen molar-refractivity contribution in [3.8, 4) is 5.75 Å². The van der Waals surface area contributed by atoms with Gasteiger partial charge in [0, 0.05) is 6.04 Å². The highest BCUT2D eigenvalue weighted by molar-refractivity contribution is 5.37. The van der Waals surface area contributed by atoms with Crippen LogP contribution in [0.4, 0.5) is 0 Å². The Morgan fingerprint density at radius 1 is 1.04 bits per heavy atom. The molecule has 1 saturated carbocycles. The summed E-state index contributed by atoms with van der Waals surface area (Å²) in [6, 6.07) is 16.1. The summed E-state index contributed by atoms with van der Waals surface area (Å²) < 4.78 is 5.50. The Kier molecular flexibility index (Phi) is 5.31. The Balaban J connectivity index is 1.39. The molecule has 2 aromatic rings. The topological polar surface area (TPSA) is 35.2 Å². The fourth-order valence-electron chi connectivity index (χ4n) is 4.94. The molecule has 0 aromatic heterocycles. The Labute approximate surface area is 157 Å². The Bertz CT molecular complexity index is 754. The van der Waals surface area contributed by atoms with Gasteiger partial charge in [-0.2, -0.15) is 0 Å². The Hall–Kier alpha value is -1.80. The molecule has 3 unspecified atom stereocenters. The maximum atomic E-state index is 6.11. The van der Waals surface area contributed by atoms with Crippen molar-refractivity contribution in [1.82, 2.24) is 0 Å². The number of aryl methyl sites for hydroxylation is 2. The van der Waals surface area contributed by atoms with Crippen molar-refractivity contribution in [3.05, 3.63) is 64.7 Å². The van der Waals surface area contributed by atoms with Gasteiger partial charge in [-0.3, -0.25) is 0 Å². The van der Waals surface area contributed by atoms with Gasteiger partial charge in [-0.1, -0.05) is 36.4 Å². The number of fused-ring (bicyclic) bond motifs is 1. The molecule has 0 aliphatic heterocycles. The largest absolute Gasteiger partial charge is 0.496 e. The first-order chi connectivity index (χ1) is 12.7. The van der Waals surface area contributed by atoms with Crippen LogP contribution in [-0.2, 0) is 19.3 Å². The van der Waals surface area contributed by atoms with E-state index < -0.39 is 0 Å². The fraction of sp³-hybridized carbons (Fsp3) is 0.500. The van der Waals surface area contributed by atoms with Crippen LogP contribution < -0.4 is 10.5 Å². The van der Waals surface area contributed by atoms with Gasteiger partial charge in [0.1, 0.15) is 5.75 Å². The van der Waals surface area contributed by atoms with Crippen molar-refractivity contribution in [3.63, 3.8) is 0 Å². The number of benzene rings is 2. The summed E-state index contributed by atoms with van der Waals surface area (Å²) in [5.74, 6) is 2.51. The van der Waals surface area contributed by atoms with Crippen LogP contribution in [0.5, 0.6) is 5.75 Å². The molecule has 0 bridgehead atoms.